The van der Waals surface area contributed by atoms with Gasteiger partial charge in [0.15, 0.2) is 0 Å². The van der Waals surface area contributed by atoms with Crippen molar-refractivity contribution in [3.05, 3.63) is 71.4 Å². The number of nitrogens with one attached hydrogen (secondary N) is 3. The van der Waals surface area contributed by atoms with Gasteiger partial charge in [0.2, 0.25) is 5.91 Å². The fourth-order valence-electron chi connectivity index (χ4n) is 3.23. The molecule has 0 aliphatic heterocycles. The Hall–Kier alpha value is -3.41. The fourth-order valence-corrected chi connectivity index (χ4v) is 3.23. The monoisotopic (exact) mass is 376 g/mol. The second-order valence-electron chi connectivity index (χ2n) is 6.66. The van der Waals surface area contributed by atoms with Crippen molar-refractivity contribution in [2.45, 2.75) is 26.8 Å². The molecule has 28 heavy (non-hydrogen) atoms. The van der Waals surface area contributed by atoms with E-state index in [1.54, 1.807) is 6.20 Å². The minimum absolute atomic E-state index is 0.0973. The van der Waals surface area contributed by atoms with Crippen LogP contribution in [-0.4, -0.2) is 23.5 Å². The molecule has 0 saturated carbocycles. The molecule has 3 aromatic rings. The number of hydrogen-bond donors (Lipinski definition) is 3. The average Bonchev–Trinajstić information content (AvgIpc) is 2.66. The second kappa shape index (κ2) is 8.52. The number of aryl methyl sites for hydroxylation is 1. The molecule has 1 heterocycles. The zero-order valence-corrected chi connectivity index (χ0v) is 16.2. The number of urea groups is 1. The van der Waals surface area contributed by atoms with Crippen molar-refractivity contribution in [3.63, 3.8) is 0 Å². The molecule has 3 N–H and O–H groups in total. The topological polar surface area (TPSA) is 83.1 Å². The Bertz CT molecular complexity index is 1000. The van der Waals surface area contributed by atoms with Gasteiger partial charge in [-0.3, -0.25) is 10.1 Å². The van der Waals surface area contributed by atoms with E-state index in [2.05, 4.69) is 27.0 Å². The summed E-state index contributed by atoms with van der Waals surface area (Å²) in [5.41, 5.74) is 3.03. The van der Waals surface area contributed by atoms with Gasteiger partial charge in [-0.15, -0.1) is 0 Å². The first kappa shape index (κ1) is 19.4. The zero-order chi connectivity index (χ0) is 20.1. The van der Waals surface area contributed by atoms with Crippen LogP contribution in [0.1, 0.15) is 36.6 Å². The predicted octanol–water partition coefficient (Wildman–Crippen LogP) is 3.91. The van der Waals surface area contributed by atoms with E-state index in [0.29, 0.717) is 12.4 Å². The lowest BCUT2D eigenvalue weighted by molar-refractivity contribution is -0.119. The van der Waals surface area contributed by atoms with Crippen LogP contribution in [0.15, 0.2) is 54.7 Å². The minimum Gasteiger partial charge on any atom is -0.345 e. The predicted molar refractivity (Wildman–Crippen MR) is 111 cm³/mol. The maximum Gasteiger partial charge on any atom is 0.320 e. The highest BCUT2D eigenvalue weighted by molar-refractivity contribution is 5.93. The van der Waals surface area contributed by atoms with Crippen LogP contribution in [0.3, 0.4) is 0 Å². The fraction of sp³-hybridized carbons (Fsp3) is 0.227. The van der Waals surface area contributed by atoms with Crippen LogP contribution in [-0.2, 0) is 4.79 Å². The molecule has 6 heteroatoms. The molecule has 3 rings (SSSR count). The van der Waals surface area contributed by atoms with E-state index in [1.807, 2.05) is 56.3 Å². The highest BCUT2D eigenvalue weighted by atomic mass is 16.2. The molecule has 1 aromatic heterocycles. The minimum atomic E-state index is -0.289. The third kappa shape index (κ3) is 4.46. The molecular formula is C22H24N4O2. The Morgan fingerprint density at radius 3 is 2.50 bits per heavy atom. The van der Waals surface area contributed by atoms with Crippen molar-refractivity contribution in [2.75, 3.05) is 11.9 Å². The summed E-state index contributed by atoms with van der Waals surface area (Å²) in [5.74, 6) is 0.380. The van der Waals surface area contributed by atoms with Gasteiger partial charge in [-0.05, 0) is 48.1 Å². The number of nitrogens with zero attached hydrogens (tertiary/aromatic N) is 1. The summed E-state index contributed by atoms with van der Waals surface area (Å²) < 4.78 is 0. The van der Waals surface area contributed by atoms with Gasteiger partial charge < -0.3 is 10.6 Å². The Labute approximate surface area is 164 Å². The Morgan fingerprint density at radius 1 is 1.07 bits per heavy atom. The molecule has 0 aliphatic carbocycles. The van der Waals surface area contributed by atoms with E-state index in [0.717, 1.165) is 27.5 Å². The van der Waals surface area contributed by atoms with Crippen molar-refractivity contribution >= 4 is 28.5 Å². The van der Waals surface area contributed by atoms with Crippen LogP contribution in [0.2, 0.25) is 0 Å². The maximum atomic E-state index is 11.8. The molecule has 0 saturated heterocycles. The number of carbonyl (C=O) groups excluding carboxylic acids is 2. The van der Waals surface area contributed by atoms with Crippen molar-refractivity contribution < 1.29 is 9.59 Å². The van der Waals surface area contributed by atoms with E-state index in [4.69, 9.17) is 0 Å². The highest BCUT2D eigenvalue weighted by Crippen LogP contribution is 2.29. The van der Waals surface area contributed by atoms with Crippen molar-refractivity contribution in [1.82, 2.24) is 15.6 Å². The van der Waals surface area contributed by atoms with Crippen molar-refractivity contribution in [2.24, 2.45) is 0 Å². The smallest absolute Gasteiger partial charge is 0.320 e. The van der Waals surface area contributed by atoms with Gasteiger partial charge in [0.25, 0.3) is 0 Å². The quantitative estimate of drug-likeness (QED) is 0.631. The van der Waals surface area contributed by atoms with Gasteiger partial charge in [0.05, 0.1) is 6.04 Å². The van der Waals surface area contributed by atoms with E-state index in [-0.39, 0.29) is 18.0 Å². The number of benzene rings is 2. The van der Waals surface area contributed by atoms with E-state index in [9.17, 15) is 9.59 Å². The van der Waals surface area contributed by atoms with Crippen LogP contribution in [0.5, 0.6) is 0 Å². The number of anilines is 1. The van der Waals surface area contributed by atoms with Gasteiger partial charge in [-0.2, -0.15) is 0 Å². The molecule has 144 valence electrons. The van der Waals surface area contributed by atoms with Gasteiger partial charge in [0, 0.05) is 25.1 Å². The first-order valence-electron chi connectivity index (χ1n) is 9.25. The summed E-state index contributed by atoms with van der Waals surface area (Å²) >= 11 is 0. The van der Waals surface area contributed by atoms with E-state index < -0.39 is 0 Å². The lowest BCUT2D eigenvalue weighted by atomic mass is 9.94. The van der Waals surface area contributed by atoms with Gasteiger partial charge >= 0.3 is 6.03 Å². The molecule has 3 amide bonds. The summed E-state index contributed by atoms with van der Waals surface area (Å²) in [6, 6.07) is 15.2. The first-order valence-corrected chi connectivity index (χ1v) is 9.25. The largest absolute Gasteiger partial charge is 0.345 e. The average molecular weight is 376 g/mol. The SMILES string of the molecule is CCNC(=O)Nc1cc2cc(C(NC(C)=O)c3ccccc3)cc(C)c2cn1. The first-order chi connectivity index (χ1) is 13.5. The summed E-state index contributed by atoms with van der Waals surface area (Å²) in [7, 11) is 0. The van der Waals surface area contributed by atoms with Crippen LogP contribution in [0, 0.1) is 6.92 Å². The standard InChI is InChI=1S/C22H24N4O2/c1-4-23-22(28)26-20-12-17-11-18(10-14(2)19(17)13-24-20)21(25-15(3)27)16-8-6-5-7-9-16/h5-13,21H,4H2,1-3H3,(H,25,27)(H2,23,24,26,28). The molecule has 2 aromatic carbocycles. The number of fused-ring (bicyclic) bond motifs is 1. The van der Waals surface area contributed by atoms with Crippen LogP contribution < -0.4 is 16.0 Å². The summed E-state index contributed by atoms with van der Waals surface area (Å²) in [6.45, 7) is 5.93. The molecule has 1 unspecified atom stereocenters. The Kier molecular flexibility index (Phi) is 5.89. The number of carbonyl (C=O) groups is 2. The molecular weight excluding hydrogens is 352 g/mol. The van der Waals surface area contributed by atoms with Crippen LogP contribution >= 0.6 is 0 Å². The zero-order valence-electron chi connectivity index (χ0n) is 16.2. The molecule has 1 atom stereocenters. The normalized spacial score (nSPS) is 11.7. The molecule has 0 fully saturated rings. The molecule has 0 aliphatic rings. The molecule has 6 nitrogen and oxygen atoms in total. The summed E-state index contributed by atoms with van der Waals surface area (Å²) in [5, 5.41) is 10.4. The van der Waals surface area contributed by atoms with Gasteiger partial charge in [-0.1, -0.05) is 36.4 Å². The highest BCUT2D eigenvalue weighted by Gasteiger charge is 2.17. The van der Waals surface area contributed by atoms with Crippen molar-refractivity contribution in [3.8, 4) is 0 Å². The Balaban J connectivity index is 2.04. The molecule has 0 spiro atoms. The van der Waals surface area contributed by atoms with Crippen molar-refractivity contribution in [1.29, 1.82) is 0 Å². The van der Waals surface area contributed by atoms with E-state index >= 15 is 0 Å². The summed E-state index contributed by atoms with van der Waals surface area (Å²) in [4.78, 5) is 27.9. The van der Waals surface area contributed by atoms with Crippen LogP contribution in [0.4, 0.5) is 10.6 Å². The number of rotatable bonds is 5. The lowest BCUT2D eigenvalue weighted by Gasteiger charge is -2.20. The lowest BCUT2D eigenvalue weighted by Crippen LogP contribution is -2.28. The second-order valence-corrected chi connectivity index (χ2v) is 6.66. The molecule has 0 bridgehead atoms. The maximum absolute atomic E-state index is 11.8. The third-order valence-electron chi connectivity index (χ3n) is 4.46. The van der Waals surface area contributed by atoms with E-state index in [1.165, 1.54) is 6.92 Å². The number of amides is 3. The number of aromatic nitrogens is 1. The molecule has 0 radical (unpaired) electrons. The van der Waals surface area contributed by atoms with Gasteiger partial charge in [0.1, 0.15) is 5.82 Å². The summed E-state index contributed by atoms with van der Waals surface area (Å²) in [6.07, 6.45) is 1.76. The third-order valence-corrected chi connectivity index (χ3v) is 4.46. The van der Waals surface area contributed by atoms with Gasteiger partial charge in [-0.25, -0.2) is 9.78 Å². The number of hydrogen-bond acceptors (Lipinski definition) is 3. The Morgan fingerprint density at radius 2 is 1.82 bits per heavy atom. The van der Waals surface area contributed by atoms with Crippen LogP contribution in [0.25, 0.3) is 10.8 Å². The number of pyridine rings is 1.